The van der Waals surface area contributed by atoms with E-state index < -0.39 is 10.0 Å². The van der Waals surface area contributed by atoms with Crippen LogP contribution in [-0.2, 0) is 10.0 Å². The van der Waals surface area contributed by atoms with Crippen molar-refractivity contribution in [3.63, 3.8) is 0 Å². The number of rotatable bonds is 4. The molecule has 2 aromatic heterocycles. The van der Waals surface area contributed by atoms with Gasteiger partial charge in [0.05, 0.1) is 11.8 Å². The maximum absolute atomic E-state index is 12.2. The number of halogens is 1. The molecule has 5 nitrogen and oxygen atoms in total. The molecule has 0 saturated carbocycles. The lowest BCUT2D eigenvalue weighted by Crippen LogP contribution is -2.11. The summed E-state index contributed by atoms with van der Waals surface area (Å²) >= 11 is 6.96. The molecule has 3 rings (SSSR count). The first-order valence-electron chi connectivity index (χ1n) is 5.83. The van der Waals surface area contributed by atoms with Crippen LogP contribution in [0.3, 0.4) is 0 Å². The van der Waals surface area contributed by atoms with E-state index in [1.807, 2.05) is 0 Å². The van der Waals surface area contributed by atoms with E-state index in [2.05, 4.69) is 9.88 Å². The molecule has 0 fully saturated rings. The van der Waals surface area contributed by atoms with Crippen molar-refractivity contribution in [3.05, 3.63) is 53.0 Å². The van der Waals surface area contributed by atoms with E-state index in [1.54, 1.807) is 35.7 Å². The molecule has 1 N–H and O–H groups in total. The molecule has 1 aromatic carbocycles. The normalized spacial score (nSPS) is 11.5. The summed E-state index contributed by atoms with van der Waals surface area (Å²) in [6, 6.07) is 10.1. The van der Waals surface area contributed by atoms with E-state index >= 15 is 0 Å². The number of anilines is 1. The van der Waals surface area contributed by atoms with E-state index in [4.69, 9.17) is 16.1 Å². The van der Waals surface area contributed by atoms with Crippen LogP contribution in [0.5, 0.6) is 0 Å². The molecule has 8 heteroatoms. The van der Waals surface area contributed by atoms with Crippen molar-refractivity contribution < 1.29 is 12.9 Å². The fourth-order valence-corrected chi connectivity index (χ4v) is 3.86. The summed E-state index contributed by atoms with van der Waals surface area (Å²) in [5.74, 6) is 0.0747. The summed E-state index contributed by atoms with van der Waals surface area (Å²) in [6.07, 6.45) is 1.45. The summed E-state index contributed by atoms with van der Waals surface area (Å²) < 4.78 is 32.0. The fourth-order valence-electron chi connectivity index (χ4n) is 1.74. The molecular formula is C13H9ClN2O3S2. The summed E-state index contributed by atoms with van der Waals surface area (Å²) in [6.45, 7) is 0. The summed E-state index contributed by atoms with van der Waals surface area (Å²) in [4.78, 5) is 0. The number of hydrogen-bond donors (Lipinski definition) is 1. The molecule has 0 atom stereocenters. The number of nitrogens with one attached hydrogen (secondary N) is 1. The number of nitrogens with zero attached hydrogens (tertiary/aromatic N) is 1. The fraction of sp³-hybridized carbons (Fsp3) is 0. The molecule has 0 aliphatic rings. The van der Waals surface area contributed by atoms with Crippen LogP contribution in [-0.4, -0.2) is 13.6 Å². The van der Waals surface area contributed by atoms with Gasteiger partial charge in [-0.3, -0.25) is 0 Å². The van der Waals surface area contributed by atoms with Crippen LogP contribution in [0, 0.1) is 0 Å². The zero-order valence-corrected chi connectivity index (χ0v) is 12.9. The van der Waals surface area contributed by atoms with E-state index in [0.29, 0.717) is 10.6 Å². The van der Waals surface area contributed by atoms with E-state index in [-0.39, 0.29) is 10.1 Å². The van der Waals surface area contributed by atoms with Crippen molar-refractivity contribution in [2.45, 2.75) is 4.21 Å². The highest BCUT2D eigenvalue weighted by Crippen LogP contribution is 2.30. The van der Waals surface area contributed by atoms with Gasteiger partial charge < -0.3 is 4.52 Å². The summed E-state index contributed by atoms with van der Waals surface area (Å²) in [7, 11) is -3.67. The maximum Gasteiger partial charge on any atom is 0.273 e. The van der Waals surface area contributed by atoms with E-state index in [0.717, 1.165) is 16.9 Å². The zero-order chi connectivity index (χ0) is 14.9. The lowest BCUT2D eigenvalue weighted by atomic mass is 10.1. The van der Waals surface area contributed by atoms with Gasteiger partial charge in [0.15, 0.2) is 0 Å². The zero-order valence-electron chi connectivity index (χ0n) is 10.5. The standard InChI is InChI=1S/C13H9ClN2O3S2/c14-10-5-3-9(4-6-10)11-8-15-19-13(11)16-21(17,18)12-2-1-7-20-12/h1-8,16H. The number of sulfonamides is 1. The Morgan fingerprint density at radius 2 is 1.95 bits per heavy atom. The molecule has 0 aliphatic heterocycles. The van der Waals surface area contributed by atoms with E-state index in [1.165, 1.54) is 12.3 Å². The molecule has 0 unspecified atom stereocenters. The van der Waals surface area contributed by atoms with Crippen molar-refractivity contribution in [2.24, 2.45) is 0 Å². The Labute approximate surface area is 130 Å². The molecule has 0 aliphatic carbocycles. The van der Waals surface area contributed by atoms with Crippen molar-refractivity contribution in [1.82, 2.24) is 5.16 Å². The van der Waals surface area contributed by atoms with E-state index in [9.17, 15) is 8.42 Å². The van der Waals surface area contributed by atoms with Gasteiger partial charge in [-0.1, -0.05) is 35.0 Å². The van der Waals surface area contributed by atoms with Crippen LogP contribution >= 0.6 is 22.9 Å². The van der Waals surface area contributed by atoms with Crippen LogP contribution < -0.4 is 4.72 Å². The number of thiophene rings is 1. The monoisotopic (exact) mass is 340 g/mol. The topological polar surface area (TPSA) is 72.2 Å². The van der Waals surface area contributed by atoms with Crippen LogP contribution in [0.25, 0.3) is 11.1 Å². The Hall–Kier alpha value is -1.83. The molecular weight excluding hydrogens is 332 g/mol. The van der Waals surface area contributed by atoms with Crippen LogP contribution in [0.2, 0.25) is 5.02 Å². The third-order valence-corrected chi connectivity index (χ3v) is 5.69. The van der Waals surface area contributed by atoms with Crippen LogP contribution in [0.1, 0.15) is 0 Å². The Kier molecular flexibility index (Phi) is 3.71. The number of benzene rings is 1. The Morgan fingerprint density at radius 1 is 1.19 bits per heavy atom. The molecule has 0 saturated heterocycles. The molecule has 0 radical (unpaired) electrons. The molecule has 0 amide bonds. The molecule has 0 bridgehead atoms. The first kappa shape index (κ1) is 14.1. The second kappa shape index (κ2) is 5.51. The average molecular weight is 341 g/mol. The van der Waals surface area contributed by atoms with Crippen molar-refractivity contribution in [1.29, 1.82) is 0 Å². The number of aromatic nitrogens is 1. The quantitative estimate of drug-likeness (QED) is 0.782. The predicted molar refractivity (Wildman–Crippen MR) is 82.1 cm³/mol. The van der Waals surface area contributed by atoms with Gasteiger partial charge in [-0.05, 0) is 29.1 Å². The van der Waals surface area contributed by atoms with Gasteiger partial charge in [-0.25, -0.2) is 13.1 Å². The second-order valence-electron chi connectivity index (χ2n) is 4.11. The minimum Gasteiger partial charge on any atom is -0.337 e. The highest BCUT2D eigenvalue weighted by Gasteiger charge is 2.20. The third kappa shape index (κ3) is 2.94. The lowest BCUT2D eigenvalue weighted by Gasteiger charge is -2.05. The molecule has 0 spiro atoms. The van der Waals surface area contributed by atoms with Gasteiger partial charge in [0.25, 0.3) is 10.0 Å². The van der Waals surface area contributed by atoms with Gasteiger partial charge in [0.1, 0.15) is 4.21 Å². The smallest absolute Gasteiger partial charge is 0.273 e. The van der Waals surface area contributed by atoms with Crippen molar-refractivity contribution in [2.75, 3.05) is 4.72 Å². The van der Waals surface area contributed by atoms with Gasteiger partial charge in [0.2, 0.25) is 5.88 Å². The van der Waals surface area contributed by atoms with Crippen LogP contribution in [0.15, 0.2) is 56.7 Å². The Balaban J connectivity index is 1.95. The minimum atomic E-state index is -3.67. The SMILES string of the molecule is O=S(=O)(Nc1oncc1-c1ccc(Cl)cc1)c1cccs1. The first-order valence-corrected chi connectivity index (χ1v) is 8.57. The highest BCUT2D eigenvalue weighted by atomic mass is 35.5. The van der Waals surface area contributed by atoms with Crippen molar-refractivity contribution >= 4 is 38.8 Å². The molecule has 2 heterocycles. The second-order valence-corrected chi connectivity index (χ2v) is 7.41. The third-order valence-electron chi connectivity index (χ3n) is 2.71. The Bertz CT molecular complexity index is 840. The average Bonchev–Trinajstić information content (AvgIpc) is 3.10. The predicted octanol–water partition coefficient (Wildman–Crippen LogP) is 3.86. The molecule has 108 valence electrons. The lowest BCUT2D eigenvalue weighted by molar-refractivity contribution is 0.436. The van der Waals surface area contributed by atoms with Gasteiger partial charge in [-0.15, -0.1) is 11.3 Å². The molecule has 21 heavy (non-hydrogen) atoms. The number of hydrogen-bond acceptors (Lipinski definition) is 5. The maximum atomic E-state index is 12.2. The minimum absolute atomic E-state index is 0.0747. The first-order chi connectivity index (χ1) is 10.1. The molecule has 3 aromatic rings. The largest absolute Gasteiger partial charge is 0.337 e. The Morgan fingerprint density at radius 3 is 2.62 bits per heavy atom. The van der Waals surface area contributed by atoms with Crippen molar-refractivity contribution in [3.8, 4) is 11.1 Å². The highest BCUT2D eigenvalue weighted by molar-refractivity contribution is 7.94. The summed E-state index contributed by atoms with van der Waals surface area (Å²) in [5.41, 5.74) is 1.30. The van der Waals surface area contributed by atoms with Gasteiger partial charge >= 0.3 is 0 Å². The van der Waals surface area contributed by atoms with Crippen LogP contribution in [0.4, 0.5) is 5.88 Å². The van der Waals surface area contributed by atoms with Gasteiger partial charge in [-0.2, -0.15) is 0 Å². The summed E-state index contributed by atoms with van der Waals surface area (Å²) in [5, 5.41) is 5.94. The van der Waals surface area contributed by atoms with Gasteiger partial charge in [0, 0.05) is 5.02 Å².